The van der Waals surface area contributed by atoms with Crippen LogP contribution in [0.2, 0.25) is 0 Å². The number of β-lactam (4-membered cyclic amide) rings is 1. The van der Waals surface area contributed by atoms with Gasteiger partial charge in [0.1, 0.15) is 5.70 Å². The number of hydrogen-bond donors (Lipinski definition) is 2. The number of nitrogens with zero attached hydrogens (tertiary/aromatic N) is 1. The van der Waals surface area contributed by atoms with Crippen LogP contribution in [-0.4, -0.2) is 44.9 Å². The first kappa shape index (κ1) is 13.4. The lowest BCUT2D eigenvalue weighted by Gasteiger charge is -2.44. The standard InChI is InChI=1S/C12H17NO4S/c1-3-4-18-8-5-7-9(6(2)14)11(15)13(7)10(8)12(16)17/h6-7,9,14H,3-5H2,1-2H3,(H,16,17)/t6-,7?,9?/m1/s1. The number of fused-ring (bicyclic) bond motifs is 1. The SMILES string of the molecule is CCCSC1=C(C(=O)O)N2C(=O)C([C@@H](C)O)C2C1. The van der Waals surface area contributed by atoms with Gasteiger partial charge in [-0.25, -0.2) is 4.79 Å². The Morgan fingerprint density at radius 2 is 2.28 bits per heavy atom. The molecule has 2 rings (SSSR count). The summed E-state index contributed by atoms with van der Waals surface area (Å²) in [6.45, 7) is 3.61. The highest BCUT2D eigenvalue weighted by Crippen LogP contribution is 2.46. The van der Waals surface area contributed by atoms with E-state index < -0.39 is 18.0 Å². The number of hydrogen-bond acceptors (Lipinski definition) is 4. The summed E-state index contributed by atoms with van der Waals surface area (Å²) in [6.07, 6.45) is 0.803. The molecule has 6 heteroatoms. The van der Waals surface area contributed by atoms with Gasteiger partial charge in [-0.1, -0.05) is 6.92 Å². The highest BCUT2D eigenvalue weighted by atomic mass is 32.2. The largest absolute Gasteiger partial charge is 0.477 e. The van der Waals surface area contributed by atoms with Crippen molar-refractivity contribution in [2.45, 2.75) is 38.8 Å². The van der Waals surface area contributed by atoms with Gasteiger partial charge in [0.05, 0.1) is 18.1 Å². The van der Waals surface area contributed by atoms with Gasteiger partial charge in [-0.2, -0.15) is 0 Å². The third-order valence-corrected chi connectivity index (χ3v) is 4.69. The van der Waals surface area contributed by atoms with Gasteiger partial charge in [-0.15, -0.1) is 11.8 Å². The second-order valence-electron chi connectivity index (χ2n) is 4.67. The Balaban J connectivity index is 2.21. The van der Waals surface area contributed by atoms with E-state index in [0.717, 1.165) is 17.1 Å². The Labute approximate surface area is 110 Å². The molecule has 5 nitrogen and oxygen atoms in total. The van der Waals surface area contributed by atoms with Crippen LogP contribution in [0, 0.1) is 5.92 Å². The van der Waals surface area contributed by atoms with Crippen molar-refractivity contribution in [3.8, 4) is 0 Å². The topological polar surface area (TPSA) is 77.8 Å². The molecule has 0 aromatic carbocycles. The number of aliphatic hydroxyl groups excluding tert-OH is 1. The number of thioether (sulfide) groups is 1. The zero-order valence-electron chi connectivity index (χ0n) is 10.4. The van der Waals surface area contributed by atoms with E-state index in [1.807, 2.05) is 6.92 Å². The van der Waals surface area contributed by atoms with Crippen LogP contribution in [0.25, 0.3) is 0 Å². The average Bonchev–Trinajstić information content (AvgIpc) is 2.60. The van der Waals surface area contributed by atoms with Crippen LogP contribution in [0.4, 0.5) is 0 Å². The van der Waals surface area contributed by atoms with E-state index in [2.05, 4.69) is 0 Å². The molecule has 0 aromatic heterocycles. The number of aliphatic carboxylic acids is 1. The summed E-state index contributed by atoms with van der Waals surface area (Å²) in [7, 11) is 0. The van der Waals surface area contributed by atoms with Gasteiger partial charge in [-0.3, -0.25) is 4.79 Å². The molecular formula is C12H17NO4S. The van der Waals surface area contributed by atoms with E-state index >= 15 is 0 Å². The third-order valence-electron chi connectivity index (χ3n) is 3.37. The first-order valence-corrected chi connectivity index (χ1v) is 7.08. The van der Waals surface area contributed by atoms with Gasteiger partial charge >= 0.3 is 5.97 Å². The Hall–Kier alpha value is -1.01. The van der Waals surface area contributed by atoms with Gasteiger partial charge in [0.15, 0.2) is 0 Å². The van der Waals surface area contributed by atoms with E-state index in [-0.39, 0.29) is 17.6 Å². The van der Waals surface area contributed by atoms with Crippen LogP contribution in [-0.2, 0) is 9.59 Å². The van der Waals surface area contributed by atoms with E-state index in [1.165, 1.54) is 16.7 Å². The van der Waals surface area contributed by atoms with Crippen LogP contribution in [0.3, 0.4) is 0 Å². The van der Waals surface area contributed by atoms with E-state index in [0.29, 0.717) is 6.42 Å². The number of carbonyl (C=O) groups excluding carboxylic acids is 1. The van der Waals surface area contributed by atoms with Crippen LogP contribution in [0.1, 0.15) is 26.7 Å². The van der Waals surface area contributed by atoms with E-state index in [9.17, 15) is 19.8 Å². The molecule has 1 amide bonds. The Bertz CT molecular complexity index is 418. The predicted octanol–water partition coefficient (Wildman–Crippen LogP) is 1.04. The van der Waals surface area contributed by atoms with E-state index in [1.54, 1.807) is 6.92 Å². The van der Waals surface area contributed by atoms with Crippen LogP contribution in [0.5, 0.6) is 0 Å². The minimum Gasteiger partial charge on any atom is -0.477 e. The van der Waals surface area contributed by atoms with Crippen molar-refractivity contribution in [3.63, 3.8) is 0 Å². The molecule has 100 valence electrons. The smallest absolute Gasteiger partial charge is 0.353 e. The van der Waals surface area contributed by atoms with Crippen molar-refractivity contribution in [1.82, 2.24) is 4.90 Å². The number of amides is 1. The maximum absolute atomic E-state index is 11.9. The van der Waals surface area contributed by atoms with Crippen molar-refractivity contribution < 1.29 is 19.8 Å². The molecule has 18 heavy (non-hydrogen) atoms. The first-order valence-electron chi connectivity index (χ1n) is 6.09. The van der Waals surface area contributed by atoms with Crippen LogP contribution in [0.15, 0.2) is 10.6 Å². The Morgan fingerprint density at radius 3 is 2.78 bits per heavy atom. The molecule has 1 fully saturated rings. The lowest BCUT2D eigenvalue weighted by atomic mass is 9.83. The third kappa shape index (κ3) is 1.93. The molecule has 2 heterocycles. The molecule has 1 saturated heterocycles. The number of carboxylic acids is 1. The summed E-state index contributed by atoms with van der Waals surface area (Å²) in [5.41, 5.74) is 0.125. The lowest BCUT2D eigenvalue weighted by molar-refractivity contribution is -0.161. The molecule has 0 aromatic rings. The van der Waals surface area contributed by atoms with Gasteiger partial charge in [0.25, 0.3) is 0 Å². The first-order chi connectivity index (χ1) is 8.49. The number of carboxylic acid groups (broad SMARTS) is 1. The van der Waals surface area contributed by atoms with E-state index in [4.69, 9.17) is 0 Å². The second kappa shape index (κ2) is 4.93. The summed E-state index contributed by atoms with van der Waals surface area (Å²) < 4.78 is 0. The number of aliphatic hydroxyl groups is 1. The summed E-state index contributed by atoms with van der Waals surface area (Å²) in [5, 5.41) is 18.8. The molecule has 0 saturated carbocycles. The molecule has 2 unspecified atom stereocenters. The van der Waals surface area contributed by atoms with Crippen LogP contribution >= 0.6 is 11.8 Å². The van der Waals surface area contributed by atoms with Gasteiger partial charge in [0, 0.05) is 11.3 Å². The molecular weight excluding hydrogens is 254 g/mol. The quantitative estimate of drug-likeness (QED) is 0.730. The Kier molecular flexibility index (Phi) is 3.68. The van der Waals surface area contributed by atoms with Crippen molar-refractivity contribution in [1.29, 1.82) is 0 Å². The summed E-state index contributed by atoms with van der Waals surface area (Å²) in [4.78, 5) is 25.3. The second-order valence-corrected chi connectivity index (χ2v) is 5.86. The highest BCUT2D eigenvalue weighted by molar-refractivity contribution is 8.03. The molecule has 2 aliphatic heterocycles. The summed E-state index contributed by atoms with van der Waals surface area (Å²) in [6, 6.07) is -0.164. The summed E-state index contributed by atoms with van der Waals surface area (Å²) >= 11 is 1.51. The van der Waals surface area contributed by atoms with Crippen molar-refractivity contribution in [2.75, 3.05) is 5.75 Å². The highest BCUT2D eigenvalue weighted by Gasteiger charge is 2.56. The maximum Gasteiger partial charge on any atom is 0.353 e. The number of carbonyl (C=O) groups is 2. The van der Waals surface area contributed by atoms with Crippen molar-refractivity contribution >= 4 is 23.6 Å². The van der Waals surface area contributed by atoms with Crippen molar-refractivity contribution in [2.24, 2.45) is 5.92 Å². The molecule has 0 bridgehead atoms. The summed E-state index contributed by atoms with van der Waals surface area (Å²) in [5.74, 6) is -0.910. The minimum absolute atomic E-state index is 0.125. The average molecular weight is 271 g/mol. The normalized spacial score (nSPS) is 28.2. The molecule has 2 aliphatic rings. The maximum atomic E-state index is 11.9. The Morgan fingerprint density at radius 1 is 1.61 bits per heavy atom. The fourth-order valence-electron chi connectivity index (χ4n) is 2.59. The fraction of sp³-hybridized carbons (Fsp3) is 0.667. The molecule has 3 atom stereocenters. The molecule has 2 N–H and O–H groups in total. The number of rotatable bonds is 5. The fourth-order valence-corrected chi connectivity index (χ4v) is 3.65. The minimum atomic E-state index is -1.05. The zero-order valence-corrected chi connectivity index (χ0v) is 11.2. The molecule has 0 spiro atoms. The monoisotopic (exact) mass is 271 g/mol. The van der Waals surface area contributed by atoms with Gasteiger partial charge in [-0.05, 0) is 19.1 Å². The zero-order chi connectivity index (χ0) is 13.4. The van der Waals surface area contributed by atoms with Gasteiger partial charge < -0.3 is 15.1 Å². The molecule has 0 aliphatic carbocycles. The van der Waals surface area contributed by atoms with Crippen molar-refractivity contribution in [3.05, 3.63) is 10.6 Å². The van der Waals surface area contributed by atoms with Crippen LogP contribution < -0.4 is 0 Å². The lowest BCUT2D eigenvalue weighted by Crippen LogP contribution is -2.61. The predicted molar refractivity (Wildman–Crippen MR) is 67.8 cm³/mol. The van der Waals surface area contributed by atoms with Gasteiger partial charge in [0.2, 0.25) is 5.91 Å². The molecule has 0 radical (unpaired) electrons.